The number of furan rings is 1. The number of carbonyl (C=O) groups is 1. The smallest absolute Gasteiger partial charge is 0.244 e. The Labute approximate surface area is 159 Å². The zero-order valence-electron chi connectivity index (χ0n) is 16.2. The normalized spacial score (nSPS) is 11.8. The summed E-state index contributed by atoms with van der Waals surface area (Å²) in [5.74, 6) is 0.602. The molecule has 1 aromatic heterocycles. The molecule has 1 N–H and O–H groups in total. The van der Waals surface area contributed by atoms with Gasteiger partial charge in [0, 0.05) is 34.7 Å². The number of amides is 1. The van der Waals surface area contributed by atoms with E-state index in [4.69, 9.17) is 9.15 Å². The van der Waals surface area contributed by atoms with Crippen LogP contribution in [0, 0.1) is 0 Å². The van der Waals surface area contributed by atoms with E-state index in [1.807, 2.05) is 58.0 Å². The van der Waals surface area contributed by atoms with E-state index in [1.165, 1.54) is 0 Å². The molecule has 0 unspecified atom stereocenters. The summed E-state index contributed by atoms with van der Waals surface area (Å²) >= 11 is 0. The Morgan fingerprint density at radius 3 is 2.63 bits per heavy atom. The van der Waals surface area contributed by atoms with E-state index in [9.17, 15) is 4.79 Å². The van der Waals surface area contributed by atoms with Crippen molar-refractivity contribution >= 4 is 22.4 Å². The van der Waals surface area contributed by atoms with Gasteiger partial charge in [0.05, 0.1) is 12.9 Å². The molecule has 0 atom stereocenters. The van der Waals surface area contributed by atoms with E-state index < -0.39 is 0 Å². The molecule has 0 aliphatic rings. The first-order valence-corrected chi connectivity index (χ1v) is 9.22. The van der Waals surface area contributed by atoms with Gasteiger partial charge in [-0.15, -0.1) is 0 Å². The van der Waals surface area contributed by atoms with Crippen molar-refractivity contribution in [2.24, 2.45) is 0 Å². The lowest BCUT2D eigenvalue weighted by Gasteiger charge is -2.12. The quantitative estimate of drug-likeness (QED) is 0.594. The van der Waals surface area contributed by atoms with Crippen LogP contribution in [0.15, 0.2) is 59.2 Å². The molecule has 1 heterocycles. The van der Waals surface area contributed by atoms with Gasteiger partial charge in [0.25, 0.3) is 0 Å². The summed E-state index contributed by atoms with van der Waals surface area (Å²) in [5, 5.41) is 3.89. The summed E-state index contributed by atoms with van der Waals surface area (Å²) in [5.41, 5.74) is 4.61. The van der Waals surface area contributed by atoms with Crippen LogP contribution in [0.3, 0.4) is 0 Å². The van der Waals surface area contributed by atoms with Crippen LogP contribution in [0.1, 0.15) is 33.3 Å². The van der Waals surface area contributed by atoms with Crippen LogP contribution in [0.2, 0.25) is 0 Å². The Bertz CT molecular complexity index is 968. The Morgan fingerprint density at radius 1 is 1.22 bits per heavy atom. The fourth-order valence-electron chi connectivity index (χ4n) is 3.08. The van der Waals surface area contributed by atoms with Gasteiger partial charge in [-0.05, 0) is 44.9 Å². The summed E-state index contributed by atoms with van der Waals surface area (Å²) in [6.07, 6.45) is 3.38. The Hall–Kier alpha value is -3.01. The van der Waals surface area contributed by atoms with Crippen LogP contribution in [0.5, 0.6) is 5.75 Å². The topological polar surface area (TPSA) is 51.5 Å². The largest absolute Gasteiger partial charge is 0.493 e. The van der Waals surface area contributed by atoms with Gasteiger partial charge >= 0.3 is 0 Å². The molecule has 1 amide bonds. The van der Waals surface area contributed by atoms with Crippen LogP contribution >= 0.6 is 0 Å². The molecule has 0 fully saturated rings. The van der Waals surface area contributed by atoms with Gasteiger partial charge in [0.2, 0.25) is 5.91 Å². The molecule has 3 aromatic rings. The number of hydrogen-bond donors (Lipinski definition) is 1. The predicted octanol–water partition coefficient (Wildman–Crippen LogP) is 5.43. The van der Waals surface area contributed by atoms with Crippen molar-refractivity contribution in [1.29, 1.82) is 0 Å². The zero-order valence-corrected chi connectivity index (χ0v) is 16.2. The second-order valence-corrected chi connectivity index (χ2v) is 6.78. The Balaban J connectivity index is 2.11. The Morgan fingerprint density at radius 2 is 1.96 bits per heavy atom. The summed E-state index contributed by atoms with van der Waals surface area (Å²) in [7, 11) is 0. The molecule has 4 heteroatoms. The van der Waals surface area contributed by atoms with E-state index in [2.05, 4.69) is 17.4 Å². The molecular formula is C23H25NO3. The third-order valence-corrected chi connectivity index (χ3v) is 4.26. The van der Waals surface area contributed by atoms with Crippen LogP contribution in [0.25, 0.3) is 27.7 Å². The molecule has 0 aliphatic heterocycles. The maximum atomic E-state index is 12.2. The average Bonchev–Trinajstić information content (AvgIpc) is 3.04. The number of nitrogens with one attached hydrogen (secondary N) is 1. The molecule has 2 aromatic carbocycles. The lowest BCUT2D eigenvalue weighted by Crippen LogP contribution is -2.28. The monoisotopic (exact) mass is 363 g/mol. The minimum atomic E-state index is -0.111. The SMILES string of the molecule is CCOc1cc2occ(-c3ccccc3)c2cc1/C(C)=C/C(=O)NC(C)C. The van der Waals surface area contributed by atoms with Crippen LogP contribution < -0.4 is 10.1 Å². The lowest BCUT2D eigenvalue weighted by molar-refractivity contribution is -0.116. The standard InChI is InChI=1S/C23H25NO3/c1-5-26-21-13-22-19(20(14-27-22)17-9-7-6-8-10-17)12-18(21)16(4)11-23(25)24-15(2)3/h6-15H,5H2,1-4H3,(H,24,25)/b16-11+. The molecule has 27 heavy (non-hydrogen) atoms. The number of carbonyl (C=O) groups excluding carboxylic acids is 1. The molecule has 0 radical (unpaired) electrons. The number of rotatable bonds is 6. The van der Waals surface area contributed by atoms with E-state index in [-0.39, 0.29) is 11.9 Å². The lowest BCUT2D eigenvalue weighted by atomic mass is 9.99. The highest BCUT2D eigenvalue weighted by Crippen LogP contribution is 2.37. The Kier molecular flexibility index (Phi) is 5.65. The van der Waals surface area contributed by atoms with Crippen molar-refractivity contribution in [1.82, 2.24) is 5.32 Å². The first-order valence-electron chi connectivity index (χ1n) is 9.22. The van der Waals surface area contributed by atoms with Crippen molar-refractivity contribution in [3.8, 4) is 16.9 Å². The highest BCUT2D eigenvalue weighted by molar-refractivity contribution is 6.00. The molecule has 3 rings (SSSR count). The van der Waals surface area contributed by atoms with Crippen LogP contribution in [-0.2, 0) is 4.79 Å². The fraction of sp³-hybridized carbons (Fsp3) is 0.261. The van der Waals surface area contributed by atoms with Crippen molar-refractivity contribution in [2.45, 2.75) is 33.7 Å². The molecule has 0 spiro atoms. The minimum absolute atomic E-state index is 0.0916. The van der Waals surface area contributed by atoms with Gasteiger partial charge in [0.15, 0.2) is 0 Å². The van der Waals surface area contributed by atoms with E-state index in [1.54, 1.807) is 12.3 Å². The van der Waals surface area contributed by atoms with Gasteiger partial charge < -0.3 is 14.5 Å². The van der Waals surface area contributed by atoms with Gasteiger partial charge in [-0.1, -0.05) is 30.3 Å². The van der Waals surface area contributed by atoms with Gasteiger partial charge in [-0.25, -0.2) is 0 Å². The van der Waals surface area contributed by atoms with Crippen molar-refractivity contribution in [2.75, 3.05) is 6.61 Å². The van der Waals surface area contributed by atoms with Gasteiger partial charge in [-0.2, -0.15) is 0 Å². The van der Waals surface area contributed by atoms with E-state index in [0.717, 1.165) is 33.2 Å². The summed E-state index contributed by atoms with van der Waals surface area (Å²) in [6, 6.07) is 14.1. The molecular weight excluding hydrogens is 338 g/mol. The number of fused-ring (bicyclic) bond motifs is 1. The third kappa shape index (κ3) is 4.22. The maximum Gasteiger partial charge on any atom is 0.244 e. The zero-order chi connectivity index (χ0) is 19.4. The van der Waals surface area contributed by atoms with Gasteiger partial charge in [0.1, 0.15) is 11.3 Å². The first kappa shape index (κ1) is 18.8. The number of benzene rings is 2. The summed E-state index contributed by atoms with van der Waals surface area (Å²) in [6.45, 7) is 8.28. The summed E-state index contributed by atoms with van der Waals surface area (Å²) in [4.78, 5) is 12.2. The highest BCUT2D eigenvalue weighted by atomic mass is 16.5. The van der Waals surface area contributed by atoms with Crippen molar-refractivity contribution < 1.29 is 13.9 Å². The second kappa shape index (κ2) is 8.12. The minimum Gasteiger partial charge on any atom is -0.493 e. The molecule has 4 nitrogen and oxygen atoms in total. The fourth-order valence-corrected chi connectivity index (χ4v) is 3.08. The first-order chi connectivity index (χ1) is 13.0. The highest BCUT2D eigenvalue weighted by Gasteiger charge is 2.15. The van der Waals surface area contributed by atoms with Crippen molar-refractivity contribution in [3.05, 3.63) is 60.4 Å². The average molecular weight is 363 g/mol. The van der Waals surface area contributed by atoms with E-state index in [0.29, 0.717) is 12.4 Å². The second-order valence-electron chi connectivity index (χ2n) is 6.78. The molecule has 140 valence electrons. The number of ether oxygens (including phenoxy) is 1. The predicted molar refractivity (Wildman–Crippen MR) is 110 cm³/mol. The molecule has 0 saturated heterocycles. The summed E-state index contributed by atoms with van der Waals surface area (Å²) < 4.78 is 11.6. The molecule has 0 aliphatic carbocycles. The van der Waals surface area contributed by atoms with Crippen LogP contribution in [0.4, 0.5) is 0 Å². The number of allylic oxidation sites excluding steroid dienone is 1. The van der Waals surface area contributed by atoms with Gasteiger partial charge in [-0.3, -0.25) is 4.79 Å². The molecule has 0 bridgehead atoms. The third-order valence-electron chi connectivity index (χ3n) is 4.26. The molecule has 0 saturated carbocycles. The van der Waals surface area contributed by atoms with E-state index >= 15 is 0 Å². The number of hydrogen-bond acceptors (Lipinski definition) is 3. The van der Waals surface area contributed by atoms with Crippen LogP contribution in [-0.4, -0.2) is 18.6 Å². The van der Waals surface area contributed by atoms with Crippen molar-refractivity contribution in [3.63, 3.8) is 0 Å². The maximum absolute atomic E-state index is 12.2.